The van der Waals surface area contributed by atoms with Crippen molar-refractivity contribution in [3.63, 3.8) is 0 Å². The Morgan fingerprint density at radius 2 is 2.17 bits per heavy atom. The van der Waals surface area contributed by atoms with E-state index in [0.29, 0.717) is 22.0 Å². The standard InChI is InChI=1S/C13H11ClN2O2/c1-9(14)8-18-12-4-2-10(3-5-12)13-11(7-17)6-15-16-13/h2-7H,1,8H2,(H,15,16). The van der Waals surface area contributed by atoms with Crippen molar-refractivity contribution in [2.75, 3.05) is 6.61 Å². The number of nitrogens with one attached hydrogen (secondary N) is 1. The average Bonchev–Trinajstić information content (AvgIpc) is 2.85. The highest BCUT2D eigenvalue weighted by Crippen LogP contribution is 2.23. The van der Waals surface area contributed by atoms with Gasteiger partial charge in [-0.1, -0.05) is 18.2 Å². The van der Waals surface area contributed by atoms with Crippen LogP contribution in [-0.2, 0) is 0 Å². The second-order valence-corrected chi connectivity index (χ2v) is 4.18. The molecule has 0 unspecified atom stereocenters. The van der Waals surface area contributed by atoms with E-state index in [0.717, 1.165) is 11.8 Å². The Bertz CT molecular complexity index is 561. The molecule has 0 aliphatic heterocycles. The fourth-order valence-electron chi connectivity index (χ4n) is 1.50. The maximum atomic E-state index is 10.8. The van der Waals surface area contributed by atoms with Crippen molar-refractivity contribution in [1.82, 2.24) is 10.2 Å². The Labute approximate surface area is 109 Å². The number of nitrogens with zero attached hydrogens (tertiary/aromatic N) is 1. The molecule has 0 bridgehead atoms. The Hall–Kier alpha value is -2.07. The van der Waals surface area contributed by atoms with E-state index in [1.165, 1.54) is 6.20 Å². The van der Waals surface area contributed by atoms with E-state index >= 15 is 0 Å². The molecule has 4 nitrogen and oxygen atoms in total. The maximum absolute atomic E-state index is 10.8. The van der Waals surface area contributed by atoms with Crippen LogP contribution < -0.4 is 4.74 Å². The van der Waals surface area contributed by atoms with E-state index < -0.39 is 0 Å². The summed E-state index contributed by atoms with van der Waals surface area (Å²) in [5, 5.41) is 7.06. The van der Waals surface area contributed by atoms with Gasteiger partial charge in [0.05, 0.1) is 17.5 Å². The summed E-state index contributed by atoms with van der Waals surface area (Å²) >= 11 is 5.61. The molecule has 0 saturated heterocycles. The molecule has 0 spiro atoms. The molecular weight excluding hydrogens is 252 g/mol. The summed E-state index contributed by atoms with van der Waals surface area (Å²) in [7, 11) is 0. The fraction of sp³-hybridized carbons (Fsp3) is 0.0769. The first-order valence-electron chi connectivity index (χ1n) is 5.26. The average molecular weight is 263 g/mol. The second kappa shape index (κ2) is 5.51. The number of benzene rings is 1. The lowest BCUT2D eigenvalue weighted by atomic mass is 10.1. The van der Waals surface area contributed by atoms with Crippen molar-refractivity contribution in [1.29, 1.82) is 0 Å². The smallest absolute Gasteiger partial charge is 0.153 e. The zero-order valence-electron chi connectivity index (χ0n) is 9.52. The van der Waals surface area contributed by atoms with Gasteiger partial charge in [-0.2, -0.15) is 5.10 Å². The zero-order chi connectivity index (χ0) is 13.0. The molecule has 1 aromatic heterocycles. The number of ether oxygens (including phenoxy) is 1. The minimum absolute atomic E-state index is 0.268. The number of aromatic nitrogens is 2. The van der Waals surface area contributed by atoms with Crippen molar-refractivity contribution in [3.05, 3.63) is 47.6 Å². The lowest BCUT2D eigenvalue weighted by Crippen LogP contribution is -1.96. The van der Waals surface area contributed by atoms with Crippen LogP contribution in [0.4, 0.5) is 0 Å². The third-order valence-corrected chi connectivity index (χ3v) is 2.44. The molecule has 0 saturated carbocycles. The first-order valence-corrected chi connectivity index (χ1v) is 5.63. The van der Waals surface area contributed by atoms with Crippen LogP contribution in [0.1, 0.15) is 10.4 Å². The maximum Gasteiger partial charge on any atom is 0.153 e. The summed E-state index contributed by atoms with van der Waals surface area (Å²) in [6, 6.07) is 7.27. The minimum atomic E-state index is 0.268. The van der Waals surface area contributed by atoms with Gasteiger partial charge in [-0.05, 0) is 24.3 Å². The lowest BCUT2D eigenvalue weighted by Gasteiger charge is -2.05. The summed E-state index contributed by atoms with van der Waals surface area (Å²) in [5.41, 5.74) is 2.09. The van der Waals surface area contributed by atoms with Crippen molar-refractivity contribution < 1.29 is 9.53 Å². The molecular formula is C13H11ClN2O2. The highest BCUT2D eigenvalue weighted by Gasteiger charge is 2.06. The molecule has 0 aliphatic carbocycles. The third kappa shape index (κ3) is 2.78. The van der Waals surface area contributed by atoms with Crippen molar-refractivity contribution in [2.24, 2.45) is 0 Å². The molecule has 2 aromatic rings. The molecule has 0 radical (unpaired) electrons. The third-order valence-electron chi connectivity index (χ3n) is 2.33. The molecule has 1 aromatic carbocycles. The molecule has 0 fully saturated rings. The van der Waals surface area contributed by atoms with Crippen LogP contribution >= 0.6 is 11.6 Å². The van der Waals surface area contributed by atoms with E-state index in [9.17, 15) is 4.79 Å². The quantitative estimate of drug-likeness (QED) is 0.843. The molecule has 1 heterocycles. The van der Waals surface area contributed by atoms with E-state index in [-0.39, 0.29) is 6.61 Å². The molecule has 0 atom stereocenters. The number of aldehydes is 1. The molecule has 92 valence electrons. The van der Waals surface area contributed by atoms with Crippen LogP contribution in [0.15, 0.2) is 42.1 Å². The Balaban J connectivity index is 2.17. The summed E-state index contributed by atoms with van der Waals surface area (Å²) in [4.78, 5) is 10.8. The van der Waals surface area contributed by atoms with Gasteiger partial charge in [0.2, 0.25) is 0 Å². The summed E-state index contributed by atoms with van der Waals surface area (Å²) in [6.45, 7) is 3.81. The van der Waals surface area contributed by atoms with Crippen molar-refractivity contribution >= 4 is 17.9 Å². The molecule has 0 aliphatic rings. The molecule has 18 heavy (non-hydrogen) atoms. The highest BCUT2D eigenvalue weighted by atomic mass is 35.5. The summed E-state index contributed by atoms with van der Waals surface area (Å²) in [6.07, 6.45) is 2.25. The van der Waals surface area contributed by atoms with E-state index in [1.807, 2.05) is 12.1 Å². The van der Waals surface area contributed by atoms with Gasteiger partial charge in [-0.3, -0.25) is 9.89 Å². The SMILES string of the molecule is C=C(Cl)COc1ccc(-c2[nH]ncc2C=O)cc1. The number of hydrogen-bond acceptors (Lipinski definition) is 3. The largest absolute Gasteiger partial charge is 0.488 e. The number of carbonyl (C=O) groups excluding carboxylic acids is 1. The van der Waals surface area contributed by atoms with Crippen LogP contribution in [0.3, 0.4) is 0 Å². The number of H-pyrrole nitrogens is 1. The molecule has 0 amide bonds. The Kier molecular flexibility index (Phi) is 3.79. The Morgan fingerprint density at radius 3 is 2.78 bits per heavy atom. The van der Waals surface area contributed by atoms with Crippen LogP contribution in [0.25, 0.3) is 11.3 Å². The lowest BCUT2D eigenvalue weighted by molar-refractivity contribution is 0.112. The predicted octanol–water partition coefficient (Wildman–Crippen LogP) is 3.02. The van der Waals surface area contributed by atoms with Gasteiger partial charge in [0, 0.05) is 10.6 Å². The molecule has 1 N–H and O–H groups in total. The first kappa shape index (κ1) is 12.4. The normalized spacial score (nSPS) is 10.1. The van der Waals surface area contributed by atoms with Gasteiger partial charge in [-0.15, -0.1) is 0 Å². The van der Waals surface area contributed by atoms with Crippen molar-refractivity contribution in [2.45, 2.75) is 0 Å². The molecule has 2 rings (SSSR count). The second-order valence-electron chi connectivity index (χ2n) is 3.65. The number of aromatic amines is 1. The van der Waals surface area contributed by atoms with Gasteiger partial charge in [0.25, 0.3) is 0 Å². The first-order chi connectivity index (χ1) is 8.70. The van der Waals surface area contributed by atoms with Crippen molar-refractivity contribution in [3.8, 4) is 17.0 Å². The van der Waals surface area contributed by atoms with Gasteiger partial charge in [0.1, 0.15) is 12.4 Å². The van der Waals surface area contributed by atoms with E-state index in [4.69, 9.17) is 16.3 Å². The summed E-state index contributed by atoms with van der Waals surface area (Å²) < 4.78 is 5.37. The minimum Gasteiger partial charge on any atom is -0.488 e. The highest BCUT2D eigenvalue weighted by molar-refractivity contribution is 6.29. The topological polar surface area (TPSA) is 55.0 Å². The van der Waals surface area contributed by atoms with Crippen LogP contribution in [-0.4, -0.2) is 23.1 Å². The number of rotatable bonds is 5. The zero-order valence-corrected chi connectivity index (χ0v) is 10.3. The van der Waals surface area contributed by atoms with Gasteiger partial charge in [-0.25, -0.2) is 0 Å². The van der Waals surface area contributed by atoms with Gasteiger partial charge in [0.15, 0.2) is 6.29 Å². The van der Waals surface area contributed by atoms with Crippen LogP contribution in [0, 0.1) is 0 Å². The fourth-order valence-corrected chi connectivity index (χ4v) is 1.55. The summed E-state index contributed by atoms with van der Waals surface area (Å²) in [5.74, 6) is 0.688. The van der Waals surface area contributed by atoms with Gasteiger partial charge < -0.3 is 4.74 Å². The van der Waals surface area contributed by atoms with Gasteiger partial charge >= 0.3 is 0 Å². The Morgan fingerprint density at radius 1 is 1.44 bits per heavy atom. The predicted molar refractivity (Wildman–Crippen MR) is 69.9 cm³/mol. The monoisotopic (exact) mass is 262 g/mol. The van der Waals surface area contributed by atoms with Crippen LogP contribution in [0.2, 0.25) is 0 Å². The van der Waals surface area contributed by atoms with E-state index in [2.05, 4.69) is 16.8 Å². The van der Waals surface area contributed by atoms with Crippen LogP contribution in [0.5, 0.6) is 5.75 Å². The number of hydrogen-bond donors (Lipinski definition) is 1. The number of carbonyl (C=O) groups is 1. The molecule has 5 heteroatoms. The van der Waals surface area contributed by atoms with E-state index in [1.54, 1.807) is 12.1 Å². The number of halogens is 1.